The standard InChI is InChI=1S/C19H16N4O2S/c20-11-13-5-8-17(16-4-2-1-3-15(13)16)18-12-21-10-9-19(18)23-26(24,25)22-14-6-7-14/h1-5,8-10,12,14,22H,6-7H2,(H,21,23). The van der Waals surface area contributed by atoms with Crippen molar-refractivity contribution >= 4 is 26.7 Å². The molecule has 1 aromatic heterocycles. The number of aromatic nitrogens is 1. The van der Waals surface area contributed by atoms with Crippen LogP contribution in [-0.4, -0.2) is 19.4 Å². The normalized spacial score (nSPS) is 14.1. The first-order chi connectivity index (χ1) is 12.6. The van der Waals surface area contributed by atoms with E-state index in [-0.39, 0.29) is 6.04 Å². The average Bonchev–Trinajstić information content (AvgIpc) is 3.44. The van der Waals surface area contributed by atoms with E-state index < -0.39 is 10.2 Å². The largest absolute Gasteiger partial charge is 0.299 e. The van der Waals surface area contributed by atoms with Crippen LogP contribution in [0.2, 0.25) is 0 Å². The maximum Gasteiger partial charge on any atom is 0.299 e. The van der Waals surface area contributed by atoms with Crippen LogP contribution in [0.4, 0.5) is 5.69 Å². The molecule has 2 N–H and O–H groups in total. The van der Waals surface area contributed by atoms with Crippen LogP contribution in [0, 0.1) is 11.3 Å². The Balaban J connectivity index is 1.82. The molecule has 0 unspecified atom stereocenters. The summed E-state index contributed by atoms with van der Waals surface area (Å²) in [5.41, 5.74) is 2.50. The molecule has 0 radical (unpaired) electrons. The van der Waals surface area contributed by atoms with Gasteiger partial charge in [0.15, 0.2) is 0 Å². The van der Waals surface area contributed by atoms with Crippen molar-refractivity contribution in [1.82, 2.24) is 9.71 Å². The Morgan fingerprint density at radius 1 is 1.04 bits per heavy atom. The van der Waals surface area contributed by atoms with Crippen molar-refractivity contribution in [3.05, 3.63) is 60.4 Å². The Labute approximate surface area is 151 Å². The fourth-order valence-corrected chi connectivity index (χ4v) is 4.13. The van der Waals surface area contributed by atoms with Crippen LogP contribution in [0.5, 0.6) is 0 Å². The third-order valence-electron chi connectivity index (χ3n) is 4.30. The third kappa shape index (κ3) is 3.25. The van der Waals surface area contributed by atoms with Crippen molar-refractivity contribution in [2.75, 3.05) is 4.72 Å². The van der Waals surface area contributed by atoms with Crippen LogP contribution in [0.1, 0.15) is 18.4 Å². The van der Waals surface area contributed by atoms with E-state index in [0.29, 0.717) is 16.8 Å². The zero-order valence-corrected chi connectivity index (χ0v) is 14.6. The minimum atomic E-state index is -3.65. The second-order valence-electron chi connectivity index (χ2n) is 6.24. The summed E-state index contributed by atoms with van der Waals surface area (Å²) in [6.07, 6.45) is 4.90. The predicted molar refractivity (Wildman–Crippen MR) is 101 cm³/mol. The maximum absolute atomic E-state index is 12.3. The van der Waals surface area contributed by atoms with Crippen LogP contribution < -0.4 is 9.44 Å². The van der Waals surface area contributed by atoms with E-state index in [2.05, 4.69) is 20.5 Å². The summed E-state index contributed by atoms with van der Waals surface area (Å²) in [5, 5.41) is 11.0. The molecule has 0 saturated heterocycles. The first-order valence-corrected chi connectivity index (χ1v) is 9.72. The van der Waals surface area contributed by atoms with Crippen LogP contribution in [0.25, 0.3) is 21.9 Å². The van der Waals surface area contributed by atoms with E-state index in [1.807, 2.05) is 30.3 Å². The highest BCUT2D eigenvalue weighted by Gasteiger charge is 2.27. The molecule has 6 nitrogen and oxygen atoms in total. The molecule has 0 aliphatic heterocycles. The van der Waals surface area contributed by atoms with Gasteiger partial charge in [-0.3, -0.25) is 9.71 Å². The Morgan fingerprint density at radius 3 is 2.54 bits per heavy atom. The summed E-state index contributed by atoms with van der Waals surface area (Å²) in [6.45, 7) is 0. The molecule has 26 heavy (non-hydrogen) atoms. The lowest BCUT2D eigenvalue weighted by atomic mass is 9.95. The summed E-state index contributed by atoms with van der Waals surface area (Å²) < 4.78 is 29.8. The van der Waals surface area contributed by atoms with Crippen molar-refractivity contribution in [2.24, 2.45) is 0 Å². The zero-order valence-electron chi connectivity index (χ0n) is 13.8. The van der Waals surface area contributed by atoms with Crippen molar-refractivity contribution < 1.29 is 8.42 Å². The van der Waals surface area contributed by atoms with Crippen LogP contribution >= 0.6 is 0 Å². The van der Waals surface area contributed by atoms with E-state index in [1.54, 1.807) is 24.5 Å². The number of fused-ring (bicyclic) bond motifs is 1. The maximum atomic E-state index is 12.3. The molecule has 7 heteroatoms. The molecule has 2 aromatic carbocycles. The number of rotatable bonds is 5. The van der Waals surface area contributed by atoms with Crippen LogP contribution in [0.3, 0.4) is 0 Å². The second-order valence-corrected chi connectivity index (χ2v) is 7.68. The highest BCUT2D eigenvalue weighted by Crippen LogP contribution is 2.35. The number of hydrogen-bond donors (Lipinski definition) is 2. The van der Waals surface area contributed by atoms with E-state index in [1.165, 1.54) is 0 Å². The van der Waals surface area contributed by atoms with Crippen molar-refractivity contribution in [3.8, 4) is 17.2 Å². The third-order valence-corrected chi connectivity index (χ3v) is 5.43. The summed E-state index contributed by atoms with van der Waals surface area (Å²) in [7, 11) is -3.65. The molecule has 1 saturated carbocycles. The molecule has 130 valence electrons. The van der Waals surface area contributed by atoms with E-state index >= 15 is 0 Å². The number of pyridine rings is 1. The lowest BCUT2D eigenvalue weighted by molar-refractivity contribution is 0.586. The molecular weight excluding hydrogens is 348 g/mol. The minimum Gasteiger partial charge on any atom is -0.270 e. The number of nitriles is 1. The molecule has 0 spiro atoms. The number of benzene rings is 2. The second kappa shape index (κ2) is 6.41. The number of nitrogens with one attached hydrogen (secondary N) is 2. The smallest absolute Gasteiger partial charge is 0.270 e. The lowest BCUT2D eigenvalue weighted by Crippen LogP contribution is -2.31. The Kier molecular flexibility index (Phi) is 4.07. The van der Waals surface area contributed by atoms with E-state index in [4.69, 9.17) is 0 Å². The van der Waals surface area contributed by atoms with E-state index in [9.17, 15) is 13.7 Å². The fraction of sp³-hybridized carbons (Fsp3) is 0.158. The van der Waals surface area contributed by atoms with Gasteiger partial charge in [-0.2, -0.15) is 18.4 Å². The van der Waals surface area contributed by atoms with Gasteiger partial charge in [0.05, 0.1) is 17.3 Å². The van der Waals surface area contributed by atoms with Crippen molar-refractivity contribution in [2.45, 2.75) is 18.9 Å². The first kappa shape index (κ1) is 16.5. The highest BCUT2D eigenvalue weighted by molar-refractivity contribution is 7.90. The molecule has 1 aliphatic rings. The van der Waals surface area contributed by atoms with Crippen LogP contribution in [-0.2, 0) is 10.2 Å². The number of hydrogen-bond acceptors (Lipinski definition) is 4. The van der Waals surface area contributed by atoms with Gasteiger partial charge in [0.25, 0.3) is 10.2 Å². The van der Waals surface area contributed by atoms with Gasteiger partial charge >= 0.3 is 0 Å². The Hall–Kier alpha value is -2.95. The Morgan fingerprint density at radius 2 is 1.81 bits per heavy atom. The highest BCUT2D eigenvalue weighted by atomic mass is 32.2. The predicted octanol–water partition coefficient (Wildman–Crippen LogP) is 3.18. The topological polar surface area (TPSA) is 94.9 Å². The first-order valence-electron chi connectivity index (χ1n) is 8.24. The number of anilines is 1. The summed E-state index contributed by atoms with van der Waals surface area (Å²) in [6, 6.07) is 15.0. The summed E-state index contributed by atoms with van der Waals surface area (Å²) in [4.78, 5) is 4.15. The van der Waals surface area contributed by atoms with Gasteiger partial charge in [0.2, 0.25) is 0 Å². The van der Waals surface area contributed by atoms with Crippen molar-refractivity contribution in [3.63, 3.8) is 0 Å². The van der Waals surface area contributed by atoms with Gasteiger partial charge in [0, 0.05) is 29.4 Å². The fourth-order valence-electron chi connectivity index (χ4n) is 2.92. The summed E-state index contributed by atoms with van der Waals surface area (Å²) in [5.74, 6) is 0. The van der Waals surface area contributed by atoms with Gasteiger partial charge in [-0.25, -0.2) is 0 Å². The minimum absolute atomic E-state index is 0.0218. The zero-order chi connectivity index (χ0) is 18.1. The molecule has 3 aromatic rings. The van der Waals surface area contributed by atoms with Crippen LogP contribution in [0.15, 0.2) is 54.9 Å². The molecule has 4 rings (SSSR count). The quantitative estimate of drug-likeness (QED) is 0.727. The molecule has 0 bridgehead atoms. The van der Waals surface area contributed by atoms with Crippen molar-refractivity contribution in [1.29, 1.82) is 5.26 Å². The molecule has 1 heterocycles. The molecule has 0 amide bonds. The SMILES string of the molecule is N#Cc1ccc(-c2cnccc2NS(=O)(=O)NC2CC2)c2ccccc12. The number of nitrogens with zero attached hydrogens (tertiary/aromatic N) is 2. The van der Waals surface area contributed by atoms with Gasteiger partial charge in [-0.15, -0.1) is 0 Å². The average molecular weight is 364 g/mol. The van der Waals surface area contributed by atoms with Gasteiger partial charge in [-0.05, 0) is 35.9 Å². The Bertz CT molecular complexity index is 1130. The van der Waals surface area contributed by atoms with Gasteiger partial charge < -0.3 is 0 Å². The summed E-state index contributed by atoms with van der Waals surface area (Å²) >= 11 is 0. The lowest BCUT2D eigenvalue weighted by Gasteiger charge is -2.14. The van der Waals surface area contributed by atoms with E-state index in [0.717, 1.165) is 29.2 Å². The molecular formula is C19H16N4O2S. The molecule has 0 atom stereocenters. The van der Waals surface area contributed by atoms with Gasteiger partial charge in [-0.1, -0.05) is 30.3 Å². The van der Waals surface area contributed by atoms with Gasteiger partial charge in [0.1, 0.15) is 0 Å². The monoisotopic (exact) mass is 364 g/mol. The molecule has 1 aliphatic carbocycles. The molecule has 1 fully saturated rings.